The quantitative estimate of drug-likeness (QED) is 0.691. The summed E-state index contributed by atoms with van der Waals surface area (Å²) in [6, 6.07) is 6.18. The van der Waals surface area contributed by atoms with E-state index in [0.29, 0.717) is 16.9 Å². The zero-order chi connectivity index (χ0) is 14.8. The summed E-state index contributed by atoms with van der Waals surface area (Å²) < 4.78 is 7.71. The van der Waals surface area contributed by atoms with Gasteiger partial charge in [-0.1, -0.05) is 29.5 Å². The molecule has 6 heteroatoms. The minimum Gasteiger partial charge on any atom is -0.411 e. The van der Waals surface area contributed by atoms with Gasteiger partial charge in [-0.2, -0.15) is 0 Å². The molecule has 0 aliphatic carbocycles. The van der Waals surface area contributed by atoms with Crippen LogP contribution in [-0.4, -0.2) is 19.7 Å². The van der Waals surface area contributed by atoms with Crippen molar-refractivity contribution in [1.82, 2.24) is 19.7 Å². The van der Waals surface area contributed by atoms with Gasteiger partial charge in [0, 0.05) is 25.0 Å². The summed E-state index contributed by atoms with van der Waals surface area (Å²) in [6.07, 6.45) is 3.70. The molecule has 2 heterocycles. The first kappa shape index (κ1) is 13.9. The zero-order valence-corrected chi connectivity index (χ0v) is 13.0. The van der Waals surface area contributed by atoms with Crippen LogP contribution in [0.3, 0.4) is 0 Å². The first-order valence-corrected chi connectivity index (χ1v) is 7.62. The lowest BCUT2D eigenvalue weighted by Crippen LogP contribution is -1.94. The molecule has 3 aromatic rings. The van der Waals surface area contributed by atoms with Crippen molar-refractivity contribution in [1.29, 1.82) is 0 Å². The molecule has 0 atom stereocenters. The molecular weight excluding hydrogens is 284 g/mol. The van der Waals surface area contributed by atoms with E-state index < -0.39 is 0 Å². The average molecular weight is 300 g/mol. The van der Waals surface area contributed by atoms with Crippen LogP contribution in [0.4, 0.5) is 0 Å². The van der Waals surface area contributed by atoms with Crippen molar-refractivity contribution in [3.8, 4) is 11.5 Å². The summed E-state index contributed by atoms with van der Waals surface area (Å²) in [6.45, 7) is 4.12. The van der Waals surface area contributed by atoms with Crippen LogP contribution in [0.25, 0.3) is 11.5 Å². The Morgan fingerprint density at radius 3 is 2.81 bits per heavy atom. The van der Waals surface area contributed by atoms with Crippen LogP contribution in [0.1, 0.15) is 17.0 Å². The lowest BCUT2D eigenvalue weighted by Gasteiger charge is -2.01. The number of nitrogens with zero attached hydrogens (tertiary/aromatic N) is 4. The Labute approximate surface area is 127 Å². The molecule has 108 valence electrons. The summed E-state index contributed by atoms with van der Waals surface area (Å²) in [5.41, 5.74) is 3.34. The van der Waals surface area contributed by atoms with Crippen LogP contribution in [0.5, 0.6) is 0 Å². The summed E-state index contributed by atoms with van der Waals surface area (Å²) in [5, 5.41) is 8.79. The first-order chi connectivity index (χ1) is 10.1. The molecule has 0 amide bonds. The van der Waals surface area contributed by atoms with Crippen LogP contribution in [0.15, 0.2) is 40.2 Å². The molecular formula is C15H16N4OS. The number of aromatic nitrogens is 4. The first-order valence-electron chi connectivity index (χ1n) is 6.63. The van der Waals surface area contributed by atoms with Gasteiger partial charge in [0.2, 0.25) is 5.89 Å². The standard InChI is InChI=1S/C15H16N4OS/c1-10-4-5-12(11(2)8-10)14-17-18-15(20-14)21-9-13-16-6-7-19(13)3/h4-8H,9H2,1-3H3. The topological polar surface area (TPSA) is 56.7 Å². The van der Waals surface area contributed by atoms with Crippen LogP contribution in [-0.2, 0) is 12.8 Å². The number of hydrogen-bond acceptors (Lipinski definition) is 5. The van der Waals surface area contributed by atoms with Gasteiger partial charge in [0.15, 0.2) is 0 Å². The number of benzene rings is 1. The molecule has 1 aromatic carbocycles. The number of rotatable bonds is 4. The third-order valence-electron chi connectivity index (χ3n) is 3.26. The molecule has 0 aliphatic rings. The highest BCUT2D eigenvalue weighted by Gasteiger charge is 2.12. The van der Waals surface area contributed by atoms with E-state index in [-0.39, 0.29) is 0 Å². The maximum atomic E-state index is 5.73. The van der Waals surface area contributed by atoms with Gasteiger partial charge in [0.1, 0.15) is 5.82 Å². The molecule has 0 aliphatic heterocycles. The summed E-state index contributed by atoms with van der Waals surface area (Å²) in [5.74, 6) is 2.25. The maximum absolute atomic E-state index is 5.73. The van der Waals surface area contributed by atoms with Crippen LogP contribution < -0.4 is 0 Å². The highest BCUT2D eigenvalue weighted by molar-refractivity contribution is 7.98. The predicted molar refractivity (Wildman–Crippen MR) is 82.0 cm³/mol. The van der Waals surface area contributed by atoms with Crippen LogP contribution in [0.2, 0.25) is 0 Å². The van der Waals surface area contributed by atoms with Crippen LogP contribution in [0, 0.1) is 13.8 Å². The predicted octanol–water partition coefficient (Wildman–Crippen LogP) is 3.38. The molecule has 0 N–H and O–H groups in total. The Bertz CT molecular complexity index is 763. The summed E-state index contributed by atoms with van der Waals surface area (Å²) >= 11 is 1.49. The lowest BCUT2D eigenvalue weighted by atomic mass is 10.1. The second kappa shape index (κ2) is 5.73. The van der Waals surface area contributed by atoms with E-state index in [2.05, 4.69) is 28.2 Å². The Kier molecular flexibility index (Phi) is 3.79. The van der Waals surface area contributed by atoms with Gasteiger partial charge in [-0.25, -0.2) is 4.98 Å². The molecule has 0 saturated carbocycles. The fraction of sp³-hybridized carbons (Fsp3) is 0.267. The van der Waals surface area contributed by atoms with Crippen molar-refractivity contribution in [3.63, 3.8) is 0 Å². The second-order valence-electron chi connectivity index (χ2n) is 4.93. The van der Waals surface area contributed by atoms with Crippen molar-refractivity contribution >= 4 is 11.8 Å². The molecule has 0 radical (unpaired) electrons. The van der Waals surface area contributed by atoms with Gasteiger partial charge >= 0.3 is 0 Å². The van der Waals surface area contributed by atoms with Crippen LogP contribution >= 0.6 is 11.8 Å². The molecule has 0 fully saturated rings. The smallest absolute Gasteiger partial charge is 0.277 e. The normalized spacial score (nSPS) is 11.0. The summed E-state index contributed by atoms with van der Waals surface area (Å²) in [7, 11) is 1.97. The van der Waals surface area contributed by atoms with Crippen molar-refractivity contribution < 1.29 is 4.42 Å². The number of thioether (sulfide) groups is 1. The third kappa shape index (κ3) is 3.00. The Balaban J connectivity index is 1.75. The number of aryl methyl sites for hydroxylation is 3. The zero-order valence-electron chi connectivity index (χ0n) is 12.2. The van der Waals surface area contributed by atoms with E-state index in [1.807, 2.05) is 36.9 Å². The fourth-order valence-corrected chi connectivity index (χ4v) is 2.86. The van der Waals surface area contributed by atoms with Gasteiger partial charge in [0.05, 0.1) is 5.75 Å². The van der Waals surface area contributed by atoms with Gasteiger partial charge in [-0.05, 0) is 25.5 Å². The Morgan fingerprint density at radius 2 is 2.10 bits per heavy atom. The number of hydrogen-bond donors (Lipinski definition) is 0. The van der Waals surface area contributed by atoms with Crippen molar-refractivity contribution in [2.24, 2.45) is 7.05 Å². The molecule has 0 saturated heterocycles. The molecule has 0 bridgehead atoms. The SMILES string of the molecule is Cc1ccc(-c2nnc(SCc3nccn3C)o2)c(C)c1. The highest BCUT2D eigenvalue weighted by Crippen LogP contribution is 2.27. The van der Waals surface area contributed by atoms with E-state index in [1.165, 1.54) is 17.3 Å². The maximum Gasteiger partial charge on any atom is 0.277 e. The van der Waals surface area contributed by atoms with Gasteiger partial charge in [-0.15, -0.1) is 10.2 Å². The fourth-order valence-electron chi connectivity index (χ4n) is 2.09. The van der Waals surface area contributed by atoms with Gasteiger partial charge in [0.25, 0.3) is 5.22 Å². The highest BCUT2D eigenvalue weighted by atomic mass is 32.2. The van der Waals surface area contributed by atoms with E-state index in [0.717, 1.165) is 17.0 Å². The largest absolute Gasteiger partial charge is 0.411 e. The summed E-state index contributed by atoms with van der Waals surface area (Å²) in [4.78, 5) is 4.27. The molecule has 0 spiro atoms. The van der Waals surface area contributed by atoms with Gasteiger partial charge < -0.3 is 8.98 Å². The third-order valence-corrected chi connectivity index (χ3v) is 4.08. The second-order valence-corrected chi connectivity index (χ2v) is 5.86. The lowest BCUT2D eigenvalue weighted by molar-refractivity contribution is 0.465. The van der Waals surface area contributed by atoms with Crippen molar-refractivity contribution in [3.05, 3.63) is 47.5 Å². The van der Waals surface area contributed by atoms with E-state index in [9.17, 15) is 0 Å². The Morgan fingerprint density at radius 1 is 1.24 bits per heavy atom. The molecule has 2 aromatic heterocycles. The minimum absolute atomic E-state index is 0.563. The molecule has 21 heavy (non-hydrogen) atoms. The van der Waals surface area contributed by atoms with E-state index >= 15 is 0 Å². The molecule has 0 unspecified atom stereocenters. The number of imidazole rings is 1. The molecule has 3 rings (SSSR count). The molecule has 5 nitrogen and oxygen atoms in total. The Hall–Kier alpha value is -2.08. The van der Waals surface area contributed by atoms with Gasteiger partial charge in [-0.3, -0.25) is 0 Å². The van der Waals surface area contributed by atoms with E-state index in [4.69, 9.17) is 4.42 Å². The van der Waals surface area contributed by atoms with E-state index in [1.54, 1.807) is 6.20 Å². The monoisotopic (exact) mass is 300 g/mol. The van der Waals surface area contributed by atoms with Crippen molar-refractivity contribution in [2.45, 2.75) is 24.8 Å². The van der Waals surface area contributed by atoms with Crippen molar-refractivity contribution in [2.75, 3.05) is 0 Å². The average Bonchev–Trinajstić information content (AvgIpc) is 3.05. The minimum atomic E-state index is 0.563.